The predicted molar refractivity (Wildman–Crippen MR) is 129 cm³/mol. The number of nitrogens with two attached hydrogens (primary N) is 1. The minimum Gasteiger partial charge on any atom is -0.491 e. The largest absolute Gasteiger partial charge is 0.491 e. The molecule has 0 radical (unpaired) electrons. The zero-order valence-corrected chi connectivity index (χ0v) is 19.2. The quantitative estimate of drug-likeness (QED) is 0.457. The minimum absolute atomic E-state index is 0.0495. The summed E-state index contributed by atoms with van der Waals surface area (Å²) in [5.74, 6) is 0.448. The number of aromatic amines is 1. The number of nitrogens with zero attached hydrogens (tertiary/aromatic N) is 2. The first-order valence-electron chi connectivity index (χ1n) is 11.0. The Labute approximate surface area is 197 Å². The first-order valence-corrected chi connectivity index (χ1v) is 12.6. The molecule has 174 valence electrons. The lowest BCUT2D eigenvalue weighted by atomic mass is 10.0. The van der Waals surface area contributed by atoms with Crippen molar-refractivity contribution in [2.24, 2.45) is 5.73 Å². The molecular weight excluding hydrogens is 452 g/mol. The number of benzene rings is 3. The van der Waals surface area contributed by atoms with Crippen LogP contribution in [0, 0.1) is 0 Å². The third-order valence-electron chi connectivity index (χ3n) is 5.93. The van der Waals surface area contributed by atoms with Crippen molar-refractivity contribution in [2.45, 2.75) is 11.4 Å². The van der Waals surface area contributed by atoms with E-state index < -0.39 is 9.84 Å². The lowest BCUT2D eigenvalue weighted by molar-refractivity contribution is 0.0733. The van der Waals surface area contributed by atoms with E-state index in [1.54, 1.807) is 23.4 Å². The second-order valence-corrected chi connectivity index (χ2v) is 10.3. The molecule has 1 aromatic heterocycles. The zero-order valence-electron chi connectivity index (χ0n) is 18.4. The average molecular weight is 477 g/mol. The normalized spacial score (nSPS) is 13.9. The van der Waals surface area contributed by atoms with E-state index in [2.05, 4.69) is 9.97 Å². The molecule has 1 amide bonds. The summed E-state index contributed by atoms with van der Waals surface area (Å²) in [6.07, 6.45) is 1.67. The number of carbonyl (C=O) groups excluding carboxylic acids is 1. The summed E-state index contributed by atoms with van der Waals surface area (Å²) in [5, 5.41) is 0. The van der Waals surface area contributed by atoms with Gasteiger partial charge in [0.15, 0.2) is 9.84 Å². The van der Waals surface area contributed by atoms with Crippen molar-refractivity contribution in [1.82, 2.24) is 14.9 Å². The molecule has 0 bridgehead atoms. The zero-order chi connectivity index (χ0) is 23.7. The fourth-order valence-corrected chi connectivity index (χ4v) is 5.22. The lowest BCUT2D eigenvalue weighted by Gasteiger charge is -2.20. The Kier molecular flexibility index (Phi) is 5.80. The minimum atomic E-state index is -3.44. The summed E-state index contributed by atoms with van der Waals surface area (Å²) in [6, 6.07) is 18.0. The molecule has 34 heavy (non-hydrogen) atoms. The second-order valence-electron chi connectivity index (χ2n) is 8.16. The molecule has 1 aliphatic rings. The van der Waals surface area contributed by atoms with Crippen LogP contribution in [-0.2, 0) is 16.4 Å². The van der Waals surface area contributed by atoms with Crippen molar-refractivity contribution in [2.75, 3.05) is 25.4 Å². The van der Waals surface area contributed by atoms with Crippen LogP contribution in [0.15, 0.2) is 71.9 Å². The molecule has 2 heterocycles. The molecule has 0 saturated heterocycles. The number of carbonyl (C=O) groups is 1. The number of imidazole rings is 1. The van der Waals surface area contributed by atoms with Gasteiger partial charge in [0.1, 0.15) is 12.4 Å². The summed E-state index contributed by atoms with van der Waals surface area (Å²) >= 11 is 0. The topological polar surface area (TPSA) is 118 Å². The monoisotopic (exact) mass is 476 g/mol. The number of rotatable bonds is 5. The number of nitrogens with one attached hydrogen (secondary N) is 1. The van der Waals surface area contributed by atoms with Gasteiger partial charge in [0.25, 0.3) is 5.91 Å². The van der Waals surface area contributed by atoms with Crippen LogP contribution in [0.25, 0.3) is 22.2 Å². The van der Waals surface area contributed by atoms with Gasteiger partial charge in [-0.05, 0) is 59.7 Å². The SMILES string of the molecule is NCCS(=O)(=O)c1ccc(C(=O)N2CCOc3ccc(-c4ccc5nc[nH]c5c4)cc3C2)cc1. The van der Waals surface area contributed by atoms with E-state index in [9.17, 15) is 13.2 Å². The Hall–Kier alpha value is -3.69. The van der Waals surface area contributed by atoms with E-state index in [1.165, 1.54) is 12.1 Å². The van der Waals surface area contributed by atoms with Crippen molar-refractivity contribution in [1.29, 1.82) is 0 Å². The van der Waals surface area contributed by atoms with Crippen LogP contribution in [0.4, 0.5) is 0 Å². The summed E-state index contributed by atoms with van der Waals surface area (Å²) in [7, 11) is -3.44. The Bertz CT molecular complexity index is 1460. The molecule has 0 spiro atoms. The summed E-state index contributed by atoms with van der Waals surface area (Å²) < 4.78 is 30.3. The van der Waals surface area contributed by atoms with Gasteiger partial charge in [0, 0.05) is 24.2 Å². The van der Waals surface area contributed by atoms with E-state index in [-0.39, 0.29) is 23.1 Å². The fraction of sp³-hybridized carbons (Fsp3) is 0.200. The Morgan fingerprint density at radius 3 is 2.62 bits per heavy atom. The van der Waals surface area contributed by atoms with Gasteiger partial charge in [-0.1, -0.05) is 12.1 Å². The van der Waals surface area contributed by atoms with Gasteiger partial charge < -0.3 is 20.4 Å². The number of hydrogen-bond donors (Lipinski definition) is 2. The summed E-state index contributed by atoms with van der Waals surface area (Å²) in [5.41, 5.74) is 10.6. The summed E-state index contributed by atoms with van der Waals surface area (Å²) in [4.78, 5) is 22.5. The highest BCUT2D eigenvalue weighted by atomic mass is 32.2. The van der Waals surface area contributed by atoms with Crippen LogP contribution in [0.5, 0.6) is 5.75 Å². The van der Waals surface area contributed by atoms with E-state index in [0.717, 1.165) is 33.5 Å². The highest BCUT2D eigenvalue weighted by Gasteiger charge is 2.22. The van der Waals surface area contributed by atoms with Crippen LogP contribution in [0.2, 0.25) is 0 Å². The molecule has 9 heteroatoms. The number of amides is 1. The maximum Gasteiger partial charge on any atom is 0.254 e. The molecule has 3 aromatic carbocycles. The fourth-order valence-electron chi connectivity index (χ4n) is 4.12. The third kappa shape index (κ3) is 4.27. The maximum absolute atomic E-state index is 13.2. The first-order chi connectivity index (χ1) is 16.4. The highest BCUT2D eigenvalue weighted by Crippen LogP contribution is 2.31. The Morgan fingerprint density at radius 2 is 1.82 bits per heavy atom. The highest BCUT2D eigenvalue weighted by molar-refractivity contribution is 7.91. The van der Waals surface area contributed by atoms with Crippen molar-refractivity contribution < 1.29 is 17.9 Å². The number of sulfone groups is 1. The van der Waals surface area contributed by atoms with E-state index >= 15 is 0 Å². The van der Waals surface area contributed by atoms with Crippen molar-refractivity contribution in [3.63, 3.8) is 0 Å². The molecule has 5 rings (SSSR count). The van der Waals surface area contributed by atoms with Crippen molar-refractivity contribution in [3.8, 4) is 16.9 Å². The van der Waals surface area contributed by atoms with Gasteiger partial charge in [-0.25, -0.2) is 13.4 Å². The molecule has 1 aliphatic heterocycles. The Balaban J connectivity index is 1.39. The molecule has 8 nitrogen and oxygen atoms in total. The number of fused-ring (bicyclic) bond motifs is 2. The number of H-pyrrole nitrogens is 1. The van der Waals surface area contributed by atoms with Crippen LogP contribution >= 0.6 is 0 Å². The number of ether oxygens (including phenoxy) is 1. The van der Waals surface area contributed by atoms with E-state index in [0.29, 0.717) is 25.3 Å². The molecule has 0 fully saturated rings. The first kappa shape index (κ1) is 22.1. The Morgan fingerprint density at radius 1 is 1.06 bits per heavy atom. The molecule has 0 atom stereocenters. The number of hydrogen-bond acceptors (Lipinski definition) is 6. The van der Waals surface area contributed by atoms with Crippen molar-refractivity contribution >= 4 is 26.8 Å². The van der Waals surface area contributed by atoms with Gasteiger partial charge in [0.05, 0.1) is 34.6 Å². The smallest absolute Gasteiger partial charge is 0.254 e. The van der Waals surface area contributed by atoms with Crippen LogP contribution < -0.4 is 10.5 Å². The van der Waals surface area contributed by atoms with E-state index in [4.69, 9.17) is 10.5 Å². The van der Waals surface area contributed by atoms with E-state index in [1.807, 2.05) is 36.4 Å². The molecule has 3 N–H and O–H groups in total. The maximum atomic E-state index is 13.2. The average Bonchev–Trinajstić information content (AvgIpc) is 3.21. The standard InChI is InChI=1S/C25H24N4O4S/c26-9-12-34(31,32)21-5-1-17(2-6-21)25(30)29-10-11-33-24-8-4-18(13-20(24)15-29)19-3-7-22-23(14-19)28-16-27-22/h1-8,13-14,16H,9-12,15,26H2,(H,27,28). The lowest BCUT2D eigenvalue weighted by Crippen LogP contribution is -2.32. The second kappa shape index (κ2) is 8.92. The predicted octanol–water partition coefficient (Wildman–Crippen LogP) is 3.00. The van der Waals surface area contributed by atoms with Gasteiger partial charge in [0.2, 0.25) is 0 Å². The van der Waals surface area contributed by atoms with Crippen molar-refractivity contribution in [3.05, 3.63) is 78.1 Å². The molecule has 0 unspecified atom stereocenters. The molecule has 4 aromatic rings. The van der Waals surface area contributed by atoms with Crippen LogP contribution in [0.3, 0.4) is 0 Å². The van der Waals surface area contributed by atoms with Crippen LogP contribution in [-0.4, -0.2) is 54.6 Å². The third-order valence-corrected chi connectivity index (χ3v) is 7.69. The van der Waals surface area contributed by atoms with Gasteiger partial charge >= 0.3 is 0 Å². The van der Waals surface area contributed by atoms with Gasteiger partial charge in [-0.2, -0.15) is 0 Å². The number of aromatic nitrogens is 2. The van der Waals surface area contributed by atoms with Crippen LogP contribution in [0.1, 0.15) is 15.9 Å². The summed E-state index contributed by atoms with van der Waals surface area (Å²) in [6.45, 7) is 1.24. The molecular formula is C25H24N4O4S. The van der Waals surface area contributed by atoms with Gasteiger partial charge in [-0.3, -0.25) is 4.79 Å². The molecule has 0 aliphatic carbocycles. The molecule has 0 saturated carbocycles. The van der Waals surface area contributed by atoms with Gasteiger partial charge in [-0.15, -0.1) is 0 Å².